The van der Waals surface area contributed by atoms with Crippen LogP contribution in [0.25, 0.3) is 0 Å². The van der Waals surface area contributed by atoms with Crippen LogP contribution < -0.4 is 11.5 Å². The minimum atomic E-state index is -0.424. The minimum absolute atomic E-state index is 0.0966. The second-order valence-electron chi connectivity index (χ2n) is 3.40. The standard InChI is InChI=1S/C10H12N2O2/c11-9-5-14-4-7-3-6(10(12)13)1-2-8(7)9/h1-3,9H,4-5,11H2,(H2,12,13)/t9-/m0/s1. The average molecular weight is 192 g/mol. The smallest absolute Gasteiger partial charge is 0.248 e. The van der Waals surface area contributed by atoms with E-state index < -0.39 is 5.91 Å². The molecule has 4 heteroatoms. The van der Waals surface area contributed by atoms with Crippen LogP contribution in [0.5, 0.6) is 0 Å². The molecule has 14 heavy (non-hydrogen) atoms. The molecule has 0 fully saturated rings. The van der Waals surface area contributed by atoms with E-state index in [0.29, 0.717) is 18.8 Å². The molecule has 1 aliphatic heterocycles. The van der Waals surface area contributed by atoms with Gasteiger partial charge in [0.15, 0.2) is 0 Å². The predicted octanol–water partition coefficient (Wildman–Crippen LogP) is 0.316. The SMILES string of the molecule is NC(=O)c1ccc2c(c1)COC[C@@H]2N. The fraction of sp³-hybridized carbons (Fsp3) is 0.300. The number of hydrogen-bond acceptors (Lipinski definition) is 3. The number of rotatable bonds is 1. The molecule has 1 aromatic carbocycles. The first kappa shape index (κ1) is 9.18. The zero-order valence-electron chi connectivity index (χ0n) is 7.69. The van der Waals surface area contributed by atoms with Crippen molar-refractivity contribution in [1.82, 2.24) is 0 Å². The van der Waals surface area contributed by atoms with Gasteiger partial charge in [-0.3, -0.25) is 4.79 Å². The van der Waals surface area contributed by atoms with Gasteiger partial charge in [0.05, 0.1) is 19.3 Å². The lowest BCUT2D eigenvalue weighted by atomic mass is 9.97. The summed E-state index contributed by atoms with van der Waals surface area (Å²) < 4.78 is 5.27. The summed E-state index contributed by atoms with van der Waals surface area (Å²) in [4.78, 5) is 10.9. The molecule has 2 rings (SSSR count). The van der Waals surface area contributed by atoms with Crippen molar-refractivity contribution in [3.05, 3.63) is 34.9 Å². The summed E-state index contributed by atoms with van der Waals surface area (Å²) in [6.45, 7) is 1.03. The average Bonchev–Trinajstić information content (AvgIpc) is 2.17. The van der Waals surface area contributed by atoms with Gasteiger partial charge in [-0.05, 0) is 23.3 Å². The number of ether oxygens (including phenoxy) is 1. The highest BCUT2D eigenvalue weighted by Gasteiger charge is 2.17. The number of hydrogen-bond donors (Lipinski definition) is 2. The van der Waals surface area contributed by atoms with Crippen molar-refractivity contribution in [3.63, 3.8) is 0 Å². The lowest BCUT2D eigenvalue weighted by Crippen LogP contribution is -2.24. The van der Waals surface area contributed by atoms with E-state index in [1.54, 1.807) is 12.1 Å². The Labute approximate surface area is 81.8 Å². The van der Waals surface area contributed by atoms with Crippen LogP contribution in [0.3, 0.4) is 0 Å². The Morgan fingerprint density at radius 2 is 2.29 bits per heavy atom. The van der Waals surface area contributed by atoms with Gasteiger partial charge in [0.2, 0.25) is 5.91 Å². The monoisotopic (exact) mass is 192 g/mol. The van der Waals surface area contributed by atoms with Gasteiger partial charge in [0.1, 0.15) is 0 Å². The third kappa shape index (κ3) is 1.49. The zero-order valence-corrected chi connectivity index (χ0v) is 7.69. The van der Waals surface area contributed by atoms with Gasteiger partial charge >= 0.3 is 0 Å². The lowest BCUT2D eigenvalue weighted by molar-refractivity contribution is 0.0919. The van der Waals surface area contributed by atoms with Gasteiger partial charge in [-0.2, -0.15) is 0 Å². The van der Waals surface area contributed by atoms with Crippen molar-refractivity contribution >= 4 is 5.91 Å². The maximum atomic E-state index is 10.9. The fourth-order valence-corrected chi connectivity index (χ4v) is 1.63. The van der Waals surface area contributed by atoms with Gasteiger partial charge < -0.3 is 16.2 Å². The number of benzene rings is 1. The van der Waals surface area contributed by atoms with Crippen LogP contribution in [-0.2, 0) is 11.3 Å². The lowest BCUT2D eigenvalue weighted by Gasteiger charge is -2.22. The molecular weight excluding hydrogens is 180 g/mol. The van der Waals surface area contributed by atoms with Gasteiger partial charge in [0.25, 0.3) is 0 Å². The van der Waals surface area contributed by atoms with E-state index >= 15 is 0 Å². The highest BCUT2D eigenvalue weighted by molar-refractivity contribution is 5.93. The predicted molar refractivity (Wildman–Crippen MR) is 51.5 cm³/mol. The maximum Gasteiger partial charge on any atom is 0.248 e. The first-order valence-corrected chi connectivity index (χ1v) is 4.44. The summed E-state index contributed by atoms with van der Waals surface area (Å²) in [7, 11) is 0. The Balaban J connectivity index is 2.44. The molecule has 0 radical (unpaired) electrons. The topological polar surface area (TPSA) is 78.3 Å². The second kappa shape index (κ2) is 3.40. The number of carbonyl (C=O) groups is 1. The Morgan fingerprint density at radius 3 is 3.00 bits per heavy atom. The first-order valence-electron chi connectivity index (χ1n) is 4.44. The van der Waals surface area contributed by atoms with Crippen molar-refractivity contribution in [2.24, 2.45) is 11.5 Å². The molecule has 1 aliphatic rings. The highest BCUT2D eigenvalue weighted by Crippen LogP contribution is 2.23. The molecular formula is C10H12N2O2. The quantitative estimate of drug-likeness (QED) is 0.672. The van der Waals surface area contributed by atoms with Crippen LogP contribution in [0.15, 0.2) is 18.2 Å². The number of amides is 1. The van der Waals surface area contributed by atoms with E-state index in [1.807, 2.05) is 6.07 Å². The summed E-state index contributed by atoms with van der Waals surface area (Å²) in [5, 5.41) is 0. The van der Waals surface area contributed by atoms with E-state index in [0.717, 1.165) is 11.1 Å². The van der Waals surface area contributed by atoms with Crippen molar-refractivity contribution in [3.8, 4) is 0 Å². The van der Waals surface area contributed by atoms with Gasteiger partial charge in [-0.25, -0.2) is 0 Å². The fourth-order valence-electron chi connectivity index (χ4n) is 1.63. The molecule has 4 N–H and O–H groups in total. The van der Waals surface area contributed by atoms with Crippen molar-refractivity contribution in [2.45, 2.75) is 12.6 Å². The molecule has 4 nitrogen and oxygen atoms in total. The summed E-state index contributed by atoms with van der Waals surface area (Å²) >= 11 is 0. The van der Waals surface area contributed by atoms with Crippen molar-refractivity contribution in [1.29, 1.82) is 0 Å². The Hall–Kier alpha value is -1.39. The molecule has 0 saturated heterocycles. The Kier molecular flexibility index (Phi) is 2.23. The molecule has 0 bridgehead atoms. The first-order chi connectivity index (χ1) is 6.68. The van der Waals surface area contributed by atoms with E-state index in [9.17, 15) is 4.79 Å². The van der Waals surface area contributed by atoms with E-state index in [2.05, 4.69) is 0 Å². The van der Waals surface area contributed by atoms with Crippen LogP contribution in [0.4, 0.5) is 0 Å². The zero-order chi connectivity index (χ0) is 10.1. The van der Waals surface area contributed by atoms with Crippen LogP contribution in [0.2, 0.25) is 0 Å². The number of primary amides is 1. The summed E-state index contributed by atoms with van der Waals surface area (Å²) in [5.74, 6) is -0.424. The summed E-state index contributed by atoms with van der Waals surface area (Å²) in [6.07, 6.45) is 0. The molecule has 1 aromatic rings. The molecule has 74 valence electrons. The van der Waals surface area contributed by atoms with E-state index in [-0.39, 0.29) is 6.04 Å². The number of carbonyl (C=O) groups excluding carboxylic acids is 1. The molecule has 1 atom stereocenters. The van der Waals surface area contributed by atoms with Crippen LogP contribution >= 0.6 is 0 Å². The van der Waals surface area contributed by atoms with Crippen molar-refractivity contribution in [2.75, 3.05) is 6.61 Å². The van der Waals surface area contributed by atoms with Gasteiger partial charge in [-0.1, -0.05) is 6.07 Å². The maximum absolute atomic E-state index is 10.9. The third-order valence-electron chi connectivity index (χ3n) is 2.38. The summed E-state index contributed by atoms with van der Waals surface area (Å²) in [5.41, 5.74) is 13.5. The number of fused-ring (bicyclic) bond motifs is 1. The molecule has 0 saturated carbocycles. The largest absolute Gasteiger partial charge is 0.375 e. The molecule has 1 amide bonds. The highest BCUT2D eigenvalue weighted by atomic mass is 16.5. The van der Waals surface area contributed by atoms with Gasteiger partial charge in [0, 0.05) is 5.56 Å². The summed E-state index contributed by atoms with van der Waals surface area (Å²) in [6, 6.07) is 5.20. The molecule has 0 aromatic heterocycles. The van der Waals surface area contributed by atoms with E-state index in [1.165, 1.54) is 0 Å². The molecule has 0 spiro atoms. The Morgan fingerprint density at radius 1 is 1.50 bits per heavy atom. The molecule has 1 heterocycles. The van der Waals surface area contributed by atoms with Crippen LogP contribution in [0, 0.1) is 0 Å². The van der Waals surface area contributed by atoms with Gasteiger partial charge in [-0.15, -0.1) is 0 Å². The normalized spacial score (nSPS) is 20.2. The van der Waals surface area contributed by atoms with E-state index in [4.69, 9.17) is 16.2 Å². The number of nitrogens with two attached hydrogens (primary N) is 2. The second-order valence-corrected chi connectivity index (χ2v) is 3.40. The molecule has 0 aliphatic carbocycles. The van der Waals surface area contributed by atoms with Crippen LogP contribution in [0.1, 0.15) is 27.5 Å². The molecule has 0 unspecified atom stereocenters. The minimum Gasteiger partial charge on any atom is -0.375 e. The Bertz CT molecular complexity index is 376. The third-order valence-corrected chi connectivity index (χ3v) is 2.38. The van der Waals surface area contributed by atoms with Crippen molar-refractivity contribution < 1.29 is 9.53 Å². The van der Waals surface area contributed by atoms with Crippen LogP contribution in [-0.4, -0.2) is 12.5 Å².